The number of nitrogens with one attached hydrogen (secondary N) is 1. The molecule has 6 heterocycles. The molecule has 0 spiro atoms. The van der Waals surface area contributed by atoms with Gasteiger partial charge in [0.15, 0.2) is 11.6 Å². The van der Waals surface area contributed by atoms with E-state index in [1.165, 1.54) is 33.4 Å². The first-order valence-corrected chi connectivity index (χ1v) is 22.2. The number of anilines is 3. The second kappa shape index (κ2) is 18.3. The summed E-state index contributed by atoms with van der Waals surface area (Å²) in [5.41, 5.74) is -2.87. The second-order valence-electron chi connectivity index (χ2n) is 17.3. The lowest BCUT2D eigenvalue weighted by Gasteiger charge is -2.46. The number of alkyl halides is 5. The molecule has 14 nitrogen and oxygen atoms in total. The largest absolute Gasteiger partial charge is 0.497 e. The number of aromatic nitrogens is 4. The fourth-order valence-corrected chi connectivity index (χ4v) is 9.77. The Morgan fingerprint density at radius 1 is 1.00 bits per heavy atom. The van der Waals surface area contributed by atoms with Gasteiger partial charge in [0.1, 0.15) is 47.7 Å². The lowest BCUT2D eigenvalue weighted by Crippen LogP contribution is -2.59. The smallest absolute Gasteiger partial charge is 0.418 e. The third-order valence-electron chi connectivity index (χ3n) is 12.9. The molecule has 6 aromatic rings. The van der Waals surface area contributed by atoms with Crippen molar-refractivity contribution < 1.29 is 55.2 Å². The monoisotopic (exact) mass is 978 g/mol. The van der Waals surface area contributed by atoms with Gasteiger partial charge in [-0.15, -0.1) is 0 Å². The van der Waals surface area contributed by atoms with Gasteiger partial charge in [0.25, 0.3) is 5.92 Å². The number of hydrogen-bond donors (Lipinski definition) is 2. The van der Waals surface area contributed by atoms with Crippen molar-refractivity contribution in [3.63, 3.8) is 0 Å². The van der Waals surface area contributed by atoms with Crippen LogP contribution in [0.25, 0.3) is 22.2 Å². The maximum atomic E-state index is 18.0. The van der Waals surface area contributed by atoms with Crippen molar-refractivity contribution in [3.05, 3.63) is 112 Å². The summed E-state index contributed by atoms with van der Waals surface area (Å²) in [6.07, 6.45) is -5.19. The van der Waals surface area contributed by atoms with E-state index < -0.39 is 81.9 Å². The Morgan fingerprint density at radius 3 is 2.25 bits per heavy atom. The van der Waals surface area contributed by atoms with Gasteiger partial charge in [-0.3, -0.25) is 10.2 Å². The minimum Gasteiger partial charge on any atom is -0.497 e. The lowest BCUT2D eigenvalue weighted by molar-refractivity contribution is -0.137. The van der Waals surface area contributed by atoms with Gasteiger partial charge in [-0.25, -0.2) is 27.9 Å². The van der Waals surface area contributed by atoms with Crippen molar-refractivity contribution in [2.24, 2.45) is 0 Å². The average molecular weight is 979 g/mol. The molecule has 0 bridgehead atoms. The molecule has 0 aliphatic carbocycles. The highest BCUT2D eigenvalue weighted by Crippen LogP contribution is 2.52. The summed E-state index contributed by atoms with van der Waals surface area (Å²) in [5.74, 6) is -3.36. The number of pyridine rings is 2. The van der Waals surface area contributed by atoms with Gasteiger partial charge < -0.3 is 33.9 Å². The van der Waals surface area contributed by atoms with E-state index in [1.807, 2.05) is 24.3 Å². The maximum Gasteiger partial charge on any atom is 0.418 e. The molecule has 2 N–H and O–H groups in total. The van der Waals surface area contributed by atoms with Crippen LogP contribution in [0, 0.1) is 12.7 Å². The van der Waals surface area contributed by atoms with Crippen molar-refractivity contribution in [1.82, 2.24) is 24.8 Å². The number of rotatable bonds is 14. The summed E-state index contributed by atoms with van der Waals surface area (Å²) >= 11 is 7.13. The SMILES string of the molecule is COc1ccc(CN(Cc2ccc(OC)cc2)c2cc(C)c(C(F)(F)F)c(-c3c(Cl)c4c5c(nc(OC[C@]67CCN6CC(F)(F)C7)nc5c3F)N([C@H](C)c3cccnc3NC(=O)O)CCO4)n2)cc1. The zero-order valence-corrected chi connectivity index (χ0v) is 38.4. The number of amides is 1. The topological polar surface area (TPSA) is 148 Å². The van der Waals surface area contributed by atoms with E-state index in [-0.39, 0.29) is 67.0 Å². The van der Waals surface area contributed by atoms with Gasteiger partial charge in [-0.2, -0.15) is 23.1 Å². The van der Waals surface area contributed by atoms with Crippen LogP contribution in [0.3, 0.4) is 0 Å². The minimum absolute atomic E-state index is 0.00759. The number of nitrogens with zero attached hydrogens (tertiary/aromatic N) is 7. The van der Waals surface area contributed by atoms with Crippen LogP contribution in [0.4, 0.5) is 48.6 Å². The Bertz CT molecular complexity index is 2880. The quantitative estimate of drug-likeness (QED) is 0.0999. The molecule has 0 saturated carbocycles. The molecule has 9 rings (SSSR count). The fourth-order valence-electron chi connectivity index (χ4n) is 9.45. The summed E-state index contributed by atoms with van der Waals surface area (Å²) < 4.78 is 117. The zero-order valence-electron chi connectivity index (χ0n) is 37.6. The zero-order chi connectivity index (χ0) is 49.0. The first kappa shape index (κ1) is 47.3. The number of carboxylic acid groups (broad SMARTS) is 1. The Balaban J connectivity index is 1.23. The van der Waals surface area contributed by atoms with E-state index in [0.29, 0.717) is 30.0 Å². The van der Waals surface area contributed by atoms with E-state index in [0.717, 1.165) is 11.1 Å². The van der Waals surface area contributed by atoms with Crippen LogP contribution >= 0.6 is 11.6 Å². The van der Waals surface area contributed by atoms with Gasteiger partial charge in [0.2, 0.25) is 0 Å². The maximum absolute atomic E-state index is 18.0. The number of methoxy groups -OCH3 is 2. The van der Waals surface area contributed by atoms with E-state index in [4.69, 9.17) is 30.5 Å². The molecule has 0 unspecified atom stereocenters. The van der Waals surface area contributed by atoms with Crippen LogP contribution < -0.4 is 34.1 Å². The standard InChI is InChI=1S/C48H45ClF6N8O6/c1-26-20-33(61(21-28-7-11-30(66-3)12-8-28)22-29-9-13-31(67-4)14-10-29)57-39(36(26)48(53,54)55)34-37(49)41-35-40(38(34)50)58-44(69-25-46-15-17-62(46)24-47(51,52)23-46)60-43(35)63(18-19-68-41)27(2)32-6-5-16-56-42(32)59-45(64)65/h5-14,16,20,27H,15,17-19,21-25H2,1-4H3,(H,56,59)(H,64,65)/t27-,46-/m1/s1. The normalized spacial score (nSPS) is 17.9. The summed E-state index contributed by atoms with van der Waals surface area (Å²) in [5, 5.41) is 11.2. The van der Waals surface area contributed by atoms with Crippen molar-refractivity contribution in [2.45, 2.75) is 63.5 Å². The molecule has 3 aliphatic heterocycles. The van der Waals surface area contributed by atoms with Crippen molar-refractivity contribution in [1.29, 1.82) is 0 Å². The van der Waals surface area contributed by atoms with Gasteiger partial charge in [-0.05, 0) is 73.4 Å². The second-order valence-corrected chi connectivity index (χ2v) is 17.6. The molecule has 21 heteroatoms. The van der Waals surface area contributed by atoms with Crippen LogP contribution in [-0.2, 0) is 19.3 Å². The van der Waals surface area contributed by atoms with Crippen molar-refractivity contribution >= 4 is 46.1 Å². The number of ether oxygens (including phenoxy) is 4. The van der Waals surface area contributed by atoms with Gasteiger partial charge >= 0.3 is 18.3 Å². The lowest BCUT2D eigenvalue weighted by atomic mass is 9.85. The summed E-state index contributed by atoms with van der Waals surface area (Å²) in [7, 11) is 3.05. The molecule has 0 radical (unpaired) electrons. The van der Waals surface area contributed by atoms with Crippen LogP contribution in [0.1, 0.15) is 53.6 Å². The molecule has 362 valence electrons. The third-order valence-corrected chi connectivity index (χ3v) is 13.2. The van der Waals surface area contributed by atoms with Crippen molar-refractivity contribution in [3.8, 4) is 34.5 Å². The van der Waals surface area contributed by atoms with E-state index in [1.54, 1.807) is 58.0 Å². The van der Waals surface area contributed by atoms with Crippen LogP contribution in [0.2, 0.25) is 5.02 Å². The number of benzene rings is 3. The molecule has 69 heavy (non-hydrogen) atoms. The third kappa shape index (κ3) is 9.14. The van der Waals surface area contributed by atoms with Crippen LogP contribution in [-0.4, -0.2) is 94.6 Å². The molecular weight excluding hydrogens is 934 g/mol. The Kier molecular flexibility index (Phi) is 12.5. The number of carbonyl (C=O) groups is 1. The summed E-state index contributed by atoms with van der Waals surface area (Å²) in [6, 6.07) is 17.5. The molecule has 2 saturated heterocycles. The number of aryl methyl sites for hydroxylation is 1. The predicted octanol–water partition coefficient (Wildman–Crippen LogP) is 10.3. The molecule has 3 aromatic carbocycles. The molecule has 3 aromatic heterocycles. The summed E-state index contributed by atoms with van der Waals surface area (Å²) in [6.45, 7) is 2.70. The first-order chi connectivity index (χ1) is 32.9. The Hall–Kier alpha value is -6.80. The molecule has 1 amide bonds. The van der Waals surface area contributed by atoms with E-state index >= 15 is 17.6 Å². The highest BCUT2D eigenvalue weighted by molar-refractivity contribution is 6.36. The van der Waals surface area contributed by atoms with Gasteiger partial charge in [-0.1, -0.05) is 41.9 Å². The molecule has 2 fully saturated rings. The minimum atomic E-state index is -5.08. The highest BCUT2D eigenvalue weighted by Gasteiger charge is 2.60. The van der Waals surface area contributed by atoms with Gasteiger partial charge in [0, 0.05) is 37.8 Å². The van der Waals surface area contributed by atoms with Crippen molar-refractivity contribution in [2.75, 3.05) is 62.2 Å². The molecule has 2 atom stereocenters. The summed E-state index contributed by atoms with van der Waals surface area (Å²) in [4.78, 5) is 34.7. The predicted molar refractivity (Wildman–Crippen MR) is 244 cm³/mol. The molecular formula is C48H45ClF6N8O6. The first-order valence-electron chi connectivity index (χ1n) is 21.8. The number of halogens is 7. The van der Waals surface area contributed by atoms with Crippen LogP contribution in [0.15, 0.2) is 72.9 Å². The molecule has 3 aliphatic rings. The fraction of sp³-hybridized carbons (Fsp3) is 0.354. The average Bonchev–Trinajstić information content (AvgIpc) is 3.40. The van der Waals surface area contributed by atoms with E-state index in [2.05, 4.69) is 25.3 Å². The van der Waals surface area contributed by atoms with Crippen LogP contribution in [0.5, 0.6) is 23.3 Å². The Labute approximate surface area is 396 Å². The van der Waals surface area contributed by atoms with Gasteiger partial charge in [0.05, 0.1) is 66.1 Å². The highest BCUT2D eigenvalue weighted by atomic mass is 35.5. The Morgan fingerprint density at radius 2 is 1.67 bits per heavy atom. The number of hydrogen-bond acceptors (Lipinski definition) is 12. The number of fused-ring (bicyclic) bond motifs is 1. The van der Waals surface area contributed by atoms with E-state index in [9.17, 15) is 18.7 Å².